The number of carboxylic acid groups (broad SMARTS) is 1. The average molecular weight is 375 g/mol. The SMILES string of the molecule is O=C(O)N1CC[C@@H](n2nc(I)c3cc(F)ccc32)C1. The van der Waals surface area contributed by atoms with Crippen LogP contribution in [0.25, 0.3) is 10.9 Å². The van der Waals surface area contributed by atoms with E-state index in [1.165, 1.54) is 17.0 Å². The first kappa shape index (κ1) is 12.6. The van der Waals surface area contributed by atoms with Crippen molar-refractivity contribution in [1.82, 2.24) is 14.7 Å². The molecule has 1 aromatic heterocycles. The average Bonchev–Trinajstić information content (AvgIpc) is 2.95. The van der Waals surface area contributed by atoms with Gasteiger partial charge in [-0.2, -0.15) is 5.10 Å². The summed E-state index contributed by atoms with van der Waals surface area (Å²) in [6.07, 6.45) is -0.170. The molecule has 1 aliphatic heterocycles. The van der Waals surface area contributed by atoms with Crippen LogP contribution in [0.1, 0.15) is 12.5 Å². The molecule has 3 rings (SSSR count). The number of rotatable bonds is 1. The number of benzene rings is 1. The quantitative estimate of drug-likeness (QED) is 0.780. The molecule has 1 amide bonds. The second-order valence-electron chi connectivity index (χ2n) is 4.57. The number of halogens is 2. The molecule has 1 atom stereocenters. The van der Waals surface area contributed by atoms with Crippen molar-refractivity contribution in [1.29, 1.82) is 0 Å². The highest BCUT2D eigenvalue weighted by molar-refractivity contribution is 14.1. The van der Waals surface area contributed by atoms with Crippen molar-refractivity contribution in [3.63, 3.8) is 0 Å². The topological polar surface area (TPSA) is 58.4 Å². The van der Waals surface area contributed by atoms with Crippen molar-refractivity contribution in [3.05, 3.63) is 27.7 Å². The van der Waals surface area contributed by atoms with Gasteiger partial charge in [-0.15, -0.1) is 0 Å². The van der Waals surface area contributed by atoms with E-state index >= 15 is 0 Å². The summed E-state index contributed by atoms with van der Waals surface area (Å²) in [6.45, 7) is 0.943. The third-order valence-corrected chi connectivity index (χ3v) is 4.20. The van der Waals surface area contributed by atoms with Gasteiger partial charge in [0.1, 0.15) is 9.52 Å². The number of fused-ring (bicyclic) bond motifs is 1. The summed E-state index contributed by atoms with van der Waals surface area (Å²) in [5, 5.41) is 14.2. The van der Waals surface area contributed by atoms with Crippen LogP contribution in [-0.4, -0.2) is 39.0 Å². The van der Waals surface area contributed by atoms with Crippen LogP contribution in [0.2, 0.25) is 0 Å². The van der Waals surface area contributed by atoms with Crippen LogP contribution in [0.4, 0.5) is 9.18 Å². The van der Waals surface area contributed by atoms with Crippen molar-refractivity contribution in [2.24, 2.45) is 0 Å². The van der Waals surface area contributed by atoms with E-state index in [9.17, 15) is 9.18 Å². The Hall–Kier alpha value is -1.38. The Balaban J connectivity index is 2.00. The van der Waals surface area contributed by atoms with Crippen molar-refractivity contribution in [2.75, 3.05) is 13.1 Å². The van der Waals surface area contributed by atoms with E-state index in [0.717, 1.165) is 21.0 Å². The molecule has 5 nitrogen and oxygen atoms in total. The van der Waals surface area contributed by atoms with Gasteiger partial charge >= 0.3 is 6.09 Å². The molecule has 0 radical (unpaired) electrons. The highest BCUT2D eigenvalue weighted by atomic mass is 127. The first-order chi connectivity index (χ1) is 9.06. The van der Waals surface area contributed by atoms with Gasteiger partial charge in [-0.25, -0.2) is 9.18 Å². The van der Waals surface area contributed by atoms with Gasteiger partial charge < -0.3 is 10.0 Å². The Morgan fingerprint density at radius 1 is 1.53 bits per heavy atom. The third kappa shape index (κ3) is 2.15. The molecule has 1 aliphatic rings. The van der Waals surface area contributed by atoms with Gasteiger partial charge in [-0.05, 0) is 47.2 Å². The number of likely N-dealkylation sites (tertiary alicyclic amines) is 1. The molecule has 1 saturated heterocycles. The van der Waals surface area contributed by atoms with Gasteiger partial charge in [0.2, 0.25) is 0 Å². The first-order valence-electron chi connectivity index (χ1n) is 5.87. The summed E-state index contributed by atoms with van der Waals surface area (Å²) in [5.41, 5.74) is 0.850. The monoisotopic (exact) mass is 375 g/mol. The number of nitrogens with zero attached hydrogens (tertiary/aromatic N) is 3. The molecule has 0 aliphatic carbocycles. The summed E-state index contributed by atoms with van der Waals surface area (Å²) in [4.78, 5) is 12.3. The fourth-order valence-corrected chi connectivity index (χ4v) is 3.13. The highest BCUT2D eigenvalue weighted by Crippen LogP contribution is 2.28. The number of aromatic nitrogens is 2. The van der Waals surface area contributed by atoms with E-state index in [2.05, 4.69) is 27.7 Å². The Kier molecular flexibility index (Phi) is 3.08. The van der Waals surface area contributed by atoms with Gasteiger partial charge in [-0.1, -0.05) is 0 Å². The lowest BCUT2D eigenvalue weighted by molar-refractivity contribution is 0.154. The number of hydrogen-bond donors (Lipinski definition) is 1. The van der Waals surface area contributed by atoms with E-state index in [1.807, 2.05) is 4.68 Å². The summed E-state index contributed by atoms with van der Waals surface area (Å²) < 4.78 is 15.8. The lowest BCUT2D eigenvalue weighted by atomic mass is 10.2. The number of carbonyl (C=O) groups is 1. The Labute approximate surface area is 122 Å². The summed E-state index contributed by atoms with van der Waals surface area (Å²) in [6, 6.07) is 4.58. The third-order valence-electron chi connectivity index (χ3n) is 3.40. The molecule has 1 fully saturated rings. The molecule has 2 aromatic rings. The Morgan fingerprint density at radius 2 is 2.32 bits per heavy atom. The van der Waals surface area contributed by atoms with E-state index in [1.54, 1.807) is 6.07 Å². The molecule has 0 bridgehead atoms. The minimum absolute atomic E-state index is 0.0209. The van der Waals surface area contributed by atoms with Crippen molar-refractivity contribution >= 4 is 39.6 Å². The molecular weight excluding hydrogens is 364 g/mol. The van der Waals surface area contributed by atoms with E-state index in [-0.39, 0.29) is 11.9 Å². The van der Waals surface area contributed by atoms with Crippen LogP contribution in [0.15, 0.2) is 18.2 Å². The molecule has 100 valence electrons. The molecular formula is C12H11FIN3O2. The minimum Gasteiger partial charge on any atom is -0.465 e. The largest absolute Gasteiger partial charge is 0.465 e. The van der Waals surface area contributed by atoms with E-state index in [0.29, 0.717) is 13.1 Å². The van der Waals surface area contributed by atoms with Crippen LogP contribution in [0, 0.1) is 9.52 Å². The fourth-order valence-electron chi connectivity index (χ4n) is 2.47. The Morgan fingerprint density at radius 3 is 3.00 bits per heavy atom. The fraction of sp³-hybridized carbons (Fsp3) is 0.333. The van der Waals surface area contributed by atoms with E-state index < -0.39 is 6.09 Å². The van der Waals surface area contributed by atoms with Gasteiger partial charge in [-0.3, -0.25) is 4.68 Å². The molecule has 7 heteroatoms. The summed E-state index contributed by atoms with van der Waals surface area (Å²) in [7, 11) is 0. The molecule has 2 heterocycles. The normalized spacial score (nSPS) is 19.3. The smallest absolute Gasteiger partial charge is 0.407 e. The standard InChI is InChI=1S/C12H11FIN3O2/c13-7-1-2-10-9(5-7)11(14)15-17(10)8-3-4-16(6-8)12(18)19/h1-2,5,8H,3-4,6H2,(H,18,19)/t8-/m1/s1. The van der Waals surface area contributed by atoms with Crippen molar-refractivity contribution < 1.29 is 14.3 Å². The zero-order chi connectivity index (χ0) is 13.6. The van der Waals surface area contributed by atoms with Crippen LogP contribution < -0.4 is 0 Å². The second kappa shape index (κ2) is 4.62. The lowest BCUT2D eigenvalue weighted by Gasteiger charge is -2.13. The van der Waals surface area contributed by atoms with Gasteiger partial charge in [0.15, 0.2) is 0 Å². The zero-order valence-electron chi connectivity index (χ0n) is 9.88. The van der Waals surface area contributed by atoms with E-state index in [4.69, 9.17) is 5.11 Å². The van der Waals surface area contributed by atoms with Crippen LogP contribution in [0.3, 0.4) is 0 Å². The summed E-state index contributed by atoms with van der Waals surface area (Å²) >= 11 is 2.07. The highest BCUT2D eigenvalue weighted by Gasteiger charge is 2.29. The van der Waals surface area contributed by atoms with Crippen molar-refractivity contribution in [2.45, 2.75) is 12.5 Å². The molecule has 0 saturated carbocycles. The maximum atomic E-state index is 13.2. The molecule has 0 spiro atoms. The lowest BCUT2D eigenvalue weighted by Crippen LogP contribution is -2.27. The number of amides is 1. The maximum absolute atomic E-state index is 13.2. The molecule has 1 aromatic carbocycles. The number of hydrogen-bond acceptors (Lipinski definition) is 2. The molecule has 0 unspecified atom stereocenters. The second-order valence-corrected chi connectivity index (χ2v) is 5.59. The van der Waals surface area contributed by atoms with Crippen LogP contribution in [-0.2, 0) is 0 Å². The molecule has 1 N–H and O–H groups in total. The first-order valence-corrected chi connectivity index (χ1v) is 6.95. The Bertz CT molecular complexity index is 658. The predicted octanol–water partition coefficient (Wildman–Crippen LogP) is 2.70. The van der Waals surface area contributed by atoms with Gasteiger partial charge in [0.05, 0.1) is 11.6 Å². The predicted molar refractivity (Wildman–Crippen MR) is 75.7 cm³/mol. The van der Waals surface area contributed by atoms with Crippen LogP contribution >= 0.6 is 22.6 Å². The maximum Gasteiger partial charge on any atom is 0.407 e. The summed E-state index contributed by atoms with van der Waals surface area (Å²) in [5.74, 6) is -0.288. The molecule has 19 heavy (non-hydrogen) atoms. The zero-order valence-corrected chi connectivity index (χ0v) is 12.0. The minimum atomic E-state index is -0.903. The van der Waals surface area contributed by atoms with Crippen molar-refractivity contribution in [3.8, 4) is 0 Å². The van der Waals surface area contributed by atoms with Gasteiger partial charge in [0, 0.05) is 18.5 Å². The van der Waals surface area contributed by atoms with Gasteiger partial charge in [0.25, 0.3) is 0 Å². The van der Waals surface area contributed by atoms with Crippen LogP contribution in [0.5, 0.6) is 0 Å².